The smallest absolute Gasteiger partial charge is 0.0700 e. The molecule has 1 heterocycles. The highest BCUT2D eigenvalue weighted by Gasteiger charge is 2.32. The number of ether oxygens (including phenoxy) is 1. The first-order valence-corrected chi connectivity index (χ1v) is 7.00. The highest BCUT2D eigenvalue weighted by Crippen LogP contribution is 2.29. The molecule has 2 aliphatic rings. The zero-order chi connectivity index (χ0) is 9.97. The van der Waals surface area contributed by atoms with Crippen LogP contribution < -0.4 is 5.32 Å². The van der Waals surface area contributed by atoms with Crippen LogP contribution >= 0.6 is 11.8 Å². The predicted octanol–water partition coefficient (Wildman–Crippen LogP) is 2.04. The summed E-state index contributed by atoms with van der Waals surface area (Å²) in [5.41, 5.74) is 0. The molecule has 4 unspecified atom stereocenters. The average Bonchev–Trinajstić information content (AvgIpc) is 2.77. The monoisotopic (exact) mass is 215 g/mol. The van der Waals surface area contributed by atoms with Gasteiger partial charge in [-0.25, -0.2) is 0 Å². The van der Waals surface area contributed by atoms with Crippen molar-refractivity contribution in [1.82, 2.24) is 5.32 Å². The Morgan fingerprint density at radius 3 is 2.71 bits per heavy atom. The fourth-order valence-electron chi connectivity index (χ4n) is 2.62. The third-order valence-corrected chi connectivity index (χ3v) is 4.73. The van der Waals surface area contributed by atoms with Crippen molar-refractivity contribution in [2.75, 3.05) is 12.9 Å². The Morgan fingerprint density at radius 1 is 1.21 bits per heavy atom. The Labute approximate surface area is 91.2 Å². The molecule has 3 heteroatoms. The number of nitrogens with one attached hydrogen (secondary N) is 1. The lowest BCUT2D eigenvalue weighted by Gasteiger charge is -2.25. The Kier molecular flexibility index (Phi) is 3.74. The van der Waals surface area contributed by atoms with E-state index in [1.807, 2.05) is 11.8 Å². The fraction of sp³-hybridized carbons (Fsp3) is 1.00. The van der Waals surface area contributed by atoms with Crippen LogP contribution in [0.1, 0.15) is 32.6 Å². The summed E-state index contributed by atoms with van der Waals surface area (Å²) in [6, 6.07) is 1.34. The van der Waals surface area contributed by atoms with Crippen LogP contribution in [-0.2, 0) is 4.74 Å². The average molecular weight is 215 g/mol. The van der Waals surface area contributed by atoms with Gasteiger partial charge in [0.15, 0.2) is 0 Å². The molecule has 0 radical (unpaired) electrons. The molecule has 2 nitrogen and oxygen atoms in total. The summed E-state index contributed by atoms with van der Waals surface area (Å²) in [5, 5.41) is 4.62. The van der Waals surface area contributed by atoms with Crippen molar-refractivity contribution >= 4 is 11.8 Å². The van der Waals surface area contributed by atoms with Gasteiger partial charge in [-0.15, -0.1) is 0 Å². The fourth-order valence-corrected chi connectivity index (χ4v) is 3.57. The van der Waals surface area contributed by atoms with Crippen LogP contribution in [0.25, 0.3) is 0 Å². The number of rotatable bonds is 3. The van der Waals surface area contributed by atoms with Crippen LogP contribution in [0.3, 0.4) is 0 Å². The van der Waals surface area contributed by atoms with Gasteiger partial charge in [-0.05, 0) is 32.4 Å². The zero-order valence-electron chi connectivity index (χ0n) is 9.16. The predicted molar refractivity (Wildman–Crippen MR) is 61.9 cm³/mol. The van der Waals surface area contributed by atoms with Crippen molar-refractivity contribution in [3.8, 4) is 0 Å². The molecular weight excluding hydrogens is 194 g/mol. The molecule has 0 amide bonds. The van der Waals surface area contributed by atoms with Crippen molar-refractivity contribution in [1.29, 1.82) is 0 Å². The van der Waals surface area contributed by atoms with Gasteiger partial charge in [0, 0.05) is 23.9 Å². The van der Waals surface area contributed by atoms with Crippen molar-refractivity contribution in [3.63, 3.8) is 0 Å². The Morgan fingerprint density at radius 2 is 2.07 bits per heavy atom. The zero-order valence-corrected chi connectivity index (χ0v) is 9.98. The quantitative estimate of drug-likeness (QED) is 0.778. The SMILES string of the molecule is CSC1CCCC1NC1CCOC1C. The minimum Gasteiger partial charge on any atom is -0.377 e. The molecular formula is C11H21NOS. The summed E-state index contributed by atoms with van der Waals surface area (Å²) in [6.07, 6.45) is 7.98. The van der Waals surface area contributed by atoms with Gasteiger partial charge in [-0.2, -0.15) is 11.8 Å². The molecule has 1 N–H and O–H groups in total. The molecule has 2 fully saturated rings. The summed E-state index contributed by atoms with van der Waals surface area (Å²) in [6.45, 7) is 3.13. The first-order chi connectivity index (χ1) is 6.81. The largest absolute Gasteiger partial charge is 0.377 e. The summed E-state index contributed by atoms with van der Waals surface area (Å²) in [4.78, 5) is 0. The molecule has 2 rings (SSSR count). The van der Waals surface area contributed by atoms with Crippen LogP contribution in [0.5, 0.6) is 0 Å². The Hall–Kier alpha value is 0.270. The van der Waals surface area contributed by atoms with Crippen molar-refractivity contribution in [2.24, 2.45) is 0 Å². The Balaban J connectivity index is 1.83. The van der Waals surface area contributed by atoms with Gasteiger partial charge in [0.05, 0.1) is 6.10 Å². The second-order valence-electron chi connectivity index (χ2n) is 4.45. The van der Waals surface area contributed by atoms with Crippen molar-refractivity contribution in [2.45, 2.75) is 56.0 Å². The lowest BCUT2D eigenvalue weighted by Crippen LogP contribution is -2.44. The molecule has 14 heavy (non-hydrogen) atoms. The van der Waals surface area contributed by atoms with E-state index in [0.29, 0.717) is 12.1 Å². The van der Waals surface area contributed by atoms with Crippen LogP contribution in [0, 0.1) is 0 Å². The maximum atomic E-state index is 5.58. The third kappa shape index (κ3) is 2.26. The van der Waals surface area contributed by atoms with Crippen LogP contribution in [0.4, 0.5) is 0 Å². The van der Waals surface area contributed by atoms with Gasteiger partial charge in [0.2, 0.25) is 0 Å². The highest BCUT2D eigenvalue weighted by atomic mass is 32.2. The molecule has 0 aromatic heterocycles. The lowest BCUT2D eigenvalue weighted by molar-refractivity contribution is 0.111. The van der Waals surface area contributed by atoms with Gasteiger partial charge in [0.1, 0.15) is 0 Å². The lowest BCUT2D eigenvalue weighted by atomic mass is 10.1. The maximum Gasteiger partial charge on any atom is 0.0700 e. The molecule has 0 aromatic carbocycles. The summed E-state index contributed by atoms with van der Waals surface area (Å²) in [7, 11) is 0. The molecule has 1 aliphatic heterocycles. The highest BCUT2D eigenvalue weighted by molar-refractivity contribution is 7.99. The van der Waals surface area contributed by atoms with Gasteiger partial charge in [-0.3, -0.25) is 0 Å². The van der Waals surface area contributed by atoms with E-state index >= 15 is 0 Å². The molecule has 4 atom stereocenters. The van der Waals surface area contributed by atoms with Gasteiger partial charge >= 0.3 is 0 Å². The Bertz CT molecular complexity index is 188. The summed E-state index contributed by atoms with van der Waals surface area (Å²) >= 11 is 2.02. The minimum absolute atomic E-state index is 0.415. The van der Waals surface area contributed by atoms with Crippen LogP contribution in [-0.4, -0.2) is 36.3 Å². The van der Waals surface area contributed by atoms with Gasteiger partial charge < -0.3 is 10.1 Å². The maximum absolute atomic E-state index is 5.58. The standard InChI is InChI=1S/C11H21NOS/c1-8-9(6-7-13-8)12-10-4-3-5-11(10)14-2/h8-12H,3-7H2,1-2H3. The van der Waals surface area contributed by atoms with Gasteiger partial charge in [0.25, 0.3) is 0 Å². The van der Waals surface area contributed by atoms with E-state index in [-0.39, 0.29) is 0 Å². The van der Waals surface area contributed by atoms with E-state index < -0.39 is 0 Å². The molecule has 1 aliphatic carbocycles. The third-order valence-electron chi connectivity index (χ3n) is 3.56. The topological polar surface area (TPSA) is 21.3 Å². The van der Waals surface area contributed by atoms with E-state index in [1.54, 1.807) is 0 Å². The molecule has 0 aromatic rings. The summed E-state index contributed by atoms with van der Waals surface area (Å²) in [5.74, 6) is 0. The van der Waals surface area contributed by atoms with E-state index in [9.17, 15) is 0 Å². The van der Waals surface area contributed by atoms with Crippen molar-refractivity contribution in [3.05, 3.63) is 0 Å². The second kappa shape index (κ2) is 4.86. The number of hydrogen-bond donors (Lipinski definition) is 1. The minimum atomic E-state index is 0.415. The number of hydrogen-bond acceptors (Lipinski definition) is 3. The van der Waals surface area contributed by atoms with E-state index in [2.05, 4.69) is 18.5 Å². The van der Waals surface area contributed by atoms with Gasteiger partial charge in [-0.1, -0.05) is 6.42 Å². The molecule has 82 valence electrons. The summed E-state index contributed by atoms with van der Waals surface area (Å²) < 4.78 is 5.58. The van der Waals surface area contributed by atoms with Crippen molar-refractivity contribution < 1.29 is 4.74 Å². The molecule has 1 saturated carbocycles. The molecule has 0 bridgehead atoms. The van der Waals surface area contributed by atoms with E-state index in [0.717, 1.165) is 17.9 Å². The first kappa shape index (κ1) is 10.8. The second-order valence-corrected chi connectivity index (χ2v) is 5.53. The van der Waals surface area contributed by atoms with Crippen LogP contribution in [0.15, 0.2) is 0 Å². The molecule has 1 saturated heterocycles. The first-order valence-electron chi connectivity index (χ1n) is 5.71. The number of thioether (sulfide) groups is 1. The van der Waals surface area contributed by atoms with E-state index in [4.69, 9.17) is 4.74 Å². The molecule has 0 spiro atoms. The van der Waals surface area contributed by atoms with Crippen LogP contribution in [0.2, 0.25) is 0 Å². The van der Waals surface area contributed by atoms with E-state index in [1.165, 1.54) is 25.7 Å². The normalized spacial score (nSPS) is 43.3.